The number of amides is 2. The summed E-state index contributed by atoms with van der Waals surface area (Å²) >= 11 is 0. The van der Waals surface area contributed by atoms with Gasteiger partial charge in [0, 0.05) is 18.8 Å². The fourth-order valence-electron chi connectivity index (χ4n) is 3.49. The molecule has 2 amide bonds. The highest BCUT2D eigenvalue weighted by atomic mass is 16.5. The predicted molar refractivity (Wildman–Crippen MR) is 117 cm³/mol. The molecule has 6 heteroatoms. The first-order valence-electron chi connectivity index (χ1n) is 10.4. The summed E-state index contributed by atoms with van der Waals surface area (Å²) in [6.45, 7) is 6.83. The number of aryl methyl sites for hydroxylation is 2. The van der Waals surface area contributed by atoms with Crippen molar-refractivity contribution in [2.24, 2.45) is 0 Å². The number of anilines is 1. The Kier molecular flexibility index (Phi) is 7.46. The zero-order chi connectivity index (χ0) is 21.5. The molecule has 1 N–H and O–H groups in total. The molecule has 0 aliphatic carbocycles. The van der Waals surface area contributed by atoms with E-state index < -0.39 is 0 Å². The molecule has 1 saturated heterocycles. The Bertz CT molecular complexity index is 891. The van der Waals surface area contributed by atoms with E-state index in [4.69, 9.17) is 9.47 Å². The minimum Gasteiger partial charge on any atom is -0.484 e. The van der Waals surface area contributed by atoms with Crippen molar-refractivity contribution in [1.29, 1.82) is 0 Å². The van der Waals surface area contributed by atoms with E-state index in [9.17, 15) is 9.59 Å². The maximum absolute atomic E-state index is 12.9. The highest BCUT2D eigenvalue weighted by molar-refractivity contribution is 5.95. The molecule has 3 rings (SSSR count). The molecule has 0 aromatic heterocycles. The van der Waals surface area contributed by atoms with Crippen LogP contribution in [0.25, 0.3) is 0 Å². The second-order valence-corrected chi connectivity index (χ2v) is 7.76. The van der Waals surface area contributed by atoms with Crippen LogP contribution >= 0.6 is 0 Å². The summed E-state index contributed by atoms with van der Waals surface area (Å²) in [6.07, 6.45) is 1.82. The molecule has 2 aromatic rings. The fraction of sp³-hybridized carbons (Fsp3) is 0.417. The van der Waals surface area contributed by atoms with Crippen LogP contribution in [0.5, 0.6) is 5.75 Å². The van der Waals surface area contributed by atoms with Gasteiger partial charge < -0.3 is 19.7 Å². The third-order valence-electron chi connectivity index (χ3n) is 5.46. The number of benzene rings is 2. The van der Waals surface area contributed by atoms with Gasteiger partial charge in [0.2, 0.25) is 5.91 Å². The third kappa shape index (κ3) is 5.83. The Morgan fingerprint density at radius 1 is 1.10 bits per heavy atom. The summed E-state index contributed by atoms with van der Waals surface area (Å²) in [5.74, 6) is 0.207. The maximum Gasteiger partial charge on any atom is 0.261 e. The number of nitrogens with zero attached hydrogens (tertiary/aromatic N) is 1. The van der Waals surface area contributed by atoms with E-state index >= 15 is 0 Å². The summed E-state index contributed by atoms with van der Waals surface area (Å²) in [6, 6.07) is 13.3. The van der Waals surface area contributed by atoms with Gasteiger partial charge in [0.15, 0.2) is 6.61 Å². The Balaban J connectivity index is 1.65. The van der Waals surface area contributed by atoms with Crippen LogP contribution in [0, 0.1) is 20.8 Å². The lowest BCUT2D eigenvalue weighted by atomic mass is 10.1. The van der Waals surface area contributed by atoms with Crippen molar-refractivity contribution >= 4 is 17.5 Å². The normalized spacial score (nSPS) is 15.6. The second kappa shape index (κ2) is 10.3. The molecular formula is C24H30N2O4. The highest BCUT2D eigenvalue weighted by Crippen LogP contribution is 2.19. The molecule has 1 aliphatic rings. The van der Waals surface area contributed by atoms with Gasteiger partial charge in [0.05, 0.1) is 6.10 Å². The summed E-state index contributed by atoms with van der Waals surface area (Å²) in [5.41, 5.74) is 3.85. The van der Waals surface area contributed by atoms with Crippen molar-refractivity contribution in [3.8, 4) is 5.75 Å². The predicted octanol–water partition coefficient (Wildman–Crippen LogP) is 3.64. The molecule has 1 aliphatic heterocycles. The van der Waals surface area contributed by atoms with Gasteiger partial charge >= 0.3 is 0 Å². The van der Waals surface area contributed by atoms with E-state index in [2.05, 4.69) is 5.32 Å². The van der Waals surface area contributed by atoms with Gasteiger partial charge in [-0.1, -0.05) is 30.3 Å². The number of rotatable bonds is 8. The molecule has 0 radical (unpaired) electrons. The monoisotopic (exact) mass is 410 g/mol. The zero-order valence-electron chi connectivity index (χ0n) is 17.9. The fourth-order valence-corrected chi connectivity index (χ4v) is 3.49. The first kappa shape index (κ1) is 21.8. The van der Waals surface area contributed by atoms with Crippen molar-refractivity contribution in [3.63, 3.8) is 0 Å². The van der Waals surface area contributed by atoms with Gasteiger partial charge in [-0.25, -0.2) is 0 Å². The van der Waals surface area contributed by atoms with Crippen LogP contribution < -0.4 is 10.1 Å². The molecule has 0 spiro atoms. The topological polar surface area (TPSA) is 67.9 Å². The number of para-hydroxylation sites is 1. The summed E-state index contributed by atoms with van der Waals surface area (Å²) in [7, 11) is 0. The smallest absolute Gasteiger partial charge is 0.261 e. The number of hydrogen-bond acceptors (Lipinski definition) is 4. The van der Waals surface area contributed by atoms with Gasteiger partial charge in [-0.05, 0) is 62.4 Å². The van der Waals surface area contributed by atoms with E-state index in [-0.39, 0.29) is 31.1 Å². The Labute approximate surface area is 178 Å². The summed E-state index contributed by atoms with van der Waals surface area (Å²) in [5, 5.41) is 2.93. The minimum absolute atomic E-state index is 0.0385. The molecule has 2 aromatic carbocycles. The lowest BCUT2D eigenvalue weighted by Gasteiger charge is -2.25. The minimum atomic E-state index is -0.232. The zero-order valence-corrected chi connectivity index (χ0v) is 17.9. The lowest BCUT2D eigenvalue weighted by molar-refractivity contribution is -0.138. The number of hydrogen-bond donors (Lipinski definition) is 1. The maximum atomic E-state index is 12.9. The summed E-state index contributed by atoms with van der Waals surface area (Å²) < 4.78 is 11.4. The van der Waals surface area contributed by atoms with Crippen LogP contribution in [0.15, 0.2) is 42.5 Å². The SMILES string of the molecule is Cc1ccccc1OCC(=O)N(CC(=O)Nc1cccc(C)c1C)CC1CCCO1. The molecular weight excluding hydrogens is 380 g/mol. The molecule has 0 bridgehead atoms. The van der Waals surface area contributed by atoms with Crippen LogP contribution in [-0.2, 0) is 14.3 Å². The Hall–Kier alpha value is -2.86. The number of carbonyl (C=O) groups is 2. The number of nitrogens with one attached hydrogen (secondary N) is 1. The standard InChI is InChI=1S/C24H30N2O4/c1-17-9-6-11-21(19(17)3)25-23(27)15-26(14-20-10-7-13-29-20)24(28)16-30-22-12-5-4-8-18(22)2/h4-6,8-9,11-12,20H,7,10,13-16H2,1-3H3,(H,25,27). The molecule has 1 fully saturated rings. The Morgan fingerprint density at radius 3 is 2.60 bits per heavy atom. The first-order chi connectivity index (χ1) is 14.4. The van der Waals surface area contributed by atoms with Gasteiger partial charge in [0.1, 0.15) is 12.3 Å². The molecule has 30 heavy (non-hydrogen) atoms. The van der Waals surface area contributed by atoms with Crippen molar-refractivity contribution in [2.75, 3.05) is 31.6 Å². The average molecular weight is 411 g/mol. The van der Waals surface area contributed by atoms with Gasteiger partial charge in [0.25, 0.3) is 5.91 Å². The van der Waals surface area contributed by atoms with Gasteiger partial charge in [-0.15, -0.1) is 0 Å². The second-order valence-electron chi connectivity index (χ2n) is 7.76. The first-order valence-corrected chi connectivity index (χ1v) is 10.4. The molecule has 160 valence electrons. The molecule has 1 atom stereocenters. The van der Waals surface area contributed by atoms with Crippen molar-refractivity contribution < 1.29 is 19.1 Å². The van der Waals surface area contributed by atoms with Crippen molar-refractivity contribution in [2.45, 2.75) is 39.7 Å². The van der Waals surface area contributed by atoms with Gasteiger partial charge in [-0.3, -0.25) is 9.59 Å². The molecule has 6 nitrogen and oxygen atoms in total. The van der Waals surface area contributed by atoms with E-state index in [0.29, 0.717) is 18.9 Å². The van der Waals surface area contributed by atoms with Gasteiger partial charge in [-0.2, -0.15) is 0 Å². The van der Waals surface area contributed by atoms with Crippen LogP contribution in [0.3, 0.4) is 0 Å². The van der Waals surface area contributed by atoms with Crippen LogP contribution in [0.1, 0.15) is 29.5 Å². The molecule has 1 unspecified atom stereocenters. The van der Waals surface area contributed by atoms with Crippen LogP contribution in [-0.4, -0.2) is 49.1 Å². The van der Waals surface area contributed by atoms with E-state index in [1.807, 2.05) is 63.2 Å². The van der Waals surface area contributed by atoms with E-state index in [1.165, 1.54) is 4.90 Å². The van der Waals surface area contributed by atoms with E-state index in [0.717, 1.165) is 35.2 Å². The molecule has 1 heterocycles. The van der Waals surface area contributed by atoms with Crippen molar-refractivity contribution in [3.05, 3.63) is 59.2 Å². The third-order valence-corrected chi connectivity index (χ3v) is 5.46. The number of ether oxygens (including phenoxy) is 2. The van der Waals surface area contributed by atoms with E-state index in [1.54, 1.807) is 0 Å². The van der Waals surface area contributed by atoms with Crippen molar-refractivity contribution in [1.82, 2.24) is 4.90 Å². The highest BCUT2D eigenvalue weighted by Gasteiger charge is 2.25. The largest absolute Gasteiger partial charge is 0.484 e. The average Bonchev–Trinajstić information content (AvgIpc) is 3.23. The molecule has 0 saturated carbocycles. The summed E-state index contributed by atoms with van der Waals surface area (Å²) in [4.78, 5) is 27.1. The van der Waals surface area contributed by atoms with Crippen LogP contribution in [0.2, 0.25) is 0 Å². The number of carbonyl (C=O) groups excluding carboxylic acids is 2. The lowest BCUT2D eigenvalue weighted by Crippen LogP contribution is -2.44. The quantitative estimate of drug-likeness (QED) is 0.722. The Morgan fingerprint density at radius 2 is 1.87 bits per heavy atom. The van der Waals surface area contributed by atoms with Crippen LogP contribution in [0.4, 0.5) is 5.69 Å².